The lowest BCUT2D eigenvalue weighted by Crippen LogP contribution is -2.26. The van der Waals surface area contributed by atoms with Gasteiger partial charge in [-0.1, -0.05) is 24.3 Å². The Morgan fingerprint density at radius 2 is 1.84 bits per heavy atom. The summed E-state index contributed by atoms with van der Waals surface area (Å²) in [6.45, 7) is 0.257. The van der Waals surface area contributed by atoms with Gasteiger partial charge in [0.05, 0.1) is 13.0 Å². The number of rotatable bonds is 2. The molecular formula is C15H11F2NO. The zero-order valence-corrected chi connectivity index (χ0v) is 10.1. The predicted octanol–water partition coefficient (Wildman–Crippen LogP) is 3.05. The average molecular weight is 259 g/mol. The first-order valence-corrected chi connectivity index (χ1v) is 5.97. The number of carbonyl (C=O) groups excluding carboxylic acids is 1. The summed E-state index contributed by atoms with van der Waals surface area (Å²) in [5.41, 5.74) is 2.39. The molecule has 1 aliphatic rings. The van der Waals surface area contributed by atoms with Crippen LogP contribution in [-0.2, 0) is 17.8 Å². The third-order valence-corrected chi connectivity index (χ3v) is 3.25. The number of benzene rings is 2. The van der Waals surface area contributed by atoms with Crippen LogP contribution >= 0.6 is 0 Å². The Morgan fingerprint density at radius 3 is 2.63 bits per heavy atom. The van der Waals surface area contributed by atoms with E-state index in [4.69, 9.17) is 0 Å². The highest BCUT2D eigenvalue weighted by molar-refractivity contribution is 6.01. The standard InChI is InChI=1S/C15H11F2NO/c16-12-6-5-10(7-13(12)17)9-18-14-4-2-1-3-11(14)8-15(18)19/h1-7H,8-9H2. The monoisotopic (exact) mass is 259 g/mol. The van der Waals surface area contributed by atoms with E-state index < -0.39 is 11.6 Å². The van der Waals surface area contributed by atoms with E-state index in [9.17, 15) is 13.6 Å². The Morgan fingerprint density at radius 1 is 1.05 bits per heavy atom. The largest absolute Gasteiger partial charge is 0.307 e. The fourth-order valence-electron chi connectivity index (χ4n) is 2.31. The minimum absolute atomic E-state index is 0.0223. The molecule has 0 fully saturated rings. The fraction of sp³-hybridized carbons (Fsp3) is 0.133. The van der Waals surface area contributed by atoms with Crippen LogP contribution in [0.15, 0.2) is 42.5 Å². The van der Waals surface area contributed by atoms with Crippen molar-refractivity contribution in [2.75, 3.05) is 4.90 Å². The molecule has 3 rings (SSSR count). The van der Waals surface area contributed by atoms with Crippen LogP contribution in [0.2, 0.25) is 0 Å². The summed E-state index contributed by atoms with van der Waals surface area (Å²) in [6, 6.07) is 11.2. The normalized spacial score (nSPS) is 13.8. The molecule has 0 saturated heterocycles. The maximum Gasteiger partial charge on any atom is 0.231 e. The first-order valence-electron chi connectivity index (χ1n) is 5.97. The van der Waals surface area contributed by atoms with Gasteiger partial charge in [-0.05, 0) is 29.3 Å². The Hall–Kier alpha value is -2.23. The third kappa shape index (κ3) is 2.10. The molecule has 19 heavy (non-hydrogen) atoms. The topological polar surface area (TPSA) is 20.3 Å². The van der Waals surface area contributed by atoms with Crippen molar-refractivity contribution in [3.05, 3.63) is 65.2 Å². The van der Waals surface area contributed by atoms with Crippen molar-refractivity contribution >= 4 is 11.6 Å². The van der Waals surface area contributed by atoms with Gasteiger partial charge in [0.2, 0.25) is 5.91 Å². The molecule has 4 heteroatoms. The highest BCUT2D eigenvalue weighted by atomic mass is 19.2. The Balaban J connectivity index is 1.91. The van der Waals surface area contributed by atoms with Crippen molar-refractivity contribution < 1.29 is 13.6 Å². The number of halogens is 2. The second kappa shape index (κ2) is 4.46. The molecule has 2 aromatic rings. The number of para-hydroxylation sites is 1. The van der Waals surface area contributed by atoms with Crippen molar-refractivity contribution in [1.29, 1.82) is 0 Å². The maximum atomic E-state index is 13.2. The molecule has 1 aliphatic heterocycles. The number of hydrogen-bond acceptors (Lipinski definition) is 1. The van der Waals surface area contributed by atoms with Crippen molar-refractivity contribution in [3.63, 3.8) is 0 Å². The number of anilines is 1. The van der Waals surface area contributed by atoms with Crippen molar-refractivity contribution in [2.24, 2.45) is 0 Å². The molecule has 1 heterocycles. The molecule has 0 aliphatic carbocycles. The van der Waals surface area contributed by atoms with Gasteiger partial charge in [0.25, 0.3) is 0 Å². The number of nitrogens with zero attached hydrogens (tertiary/aromatic N) is 1. The molecule has 0 spiro atoms. The summed E-state index contributed by atoms with van der Waals surface area (Å²) in [5, 5.41) is 0. The van der Waals surface area contributed by atoms with E-state index in [2.05, 4.69) is 0 Å². The molecule has 1 amide bonds. The maximum absolute atomic E-state index is 13.2. The molecule has 0 N–H and O–H groups in total. The van der Waals surface area contributed by atoms with E-state index in [0.29, 0.717) is 12.0 Å². The lowest BCUT2D eigenvalue weighted by molar-refractivity contribution is -0.117. The van der Waals surface area contributed by atoms with Gasteiger partial charge >= 0.3 is 0 Å². The van der Waals surface area contributed by atoms with E-state index in [1.165, 1.54) is 6.07 Å². The first-order chi connectivity index (χ1) is 9.15. The van der Waals surface area contributed by atoms with Crippen LogP contribution < -0.4 is 4.90 Å². The lowest BCUT2D eigenvalue weighted by Gasteiger charge is -2.17. The lowest BCUT2D eigenvalue weighted by atomic mass is 10.1. The molecule has 2 nitrogen and oxygen atoms in total. The van der Waals surface area contributed by atoms with E-state index in [-0.39, 0.29) is 12.5 Å². The molecule has 0 bridgehead atoms. The van der Waals surface area contributed by atoms with Gasteiger partial charge in [-0.3, -0.25) is 4.79 Å². The predicted molar refractivity (Wildman–Crippen MR) is 67.7 cm³/mol. The quantitative estimate of drug-likeness (QED) is 0.811. The number of amides is 1. The highest BCUT2D eigenvalue weighted by Gasteiger charge is 2.26. The van der Waals surface area contributed by atoms with Gasteiger partial charge < -0.3 is 4.90 Å². The second-order valence-corrected chi connectivity index (χ2v) is 4.53. The van der Waals surface area contributed by atoms with Gasteiger partial charge in [-0.25, -0.2) is 8.78 Å². The number of carbonyl (C=O) groups is 1. The third-order valence-electron chi connectivity index (χ3n) is 3.25. The van der Waals surface area contributed by atoms with Crippen LogP contribution in [0, 0.1) is 11.6 Å². The molecule has 2 aromatic carbocycles. The van der Waals surface area contributed by atoms with Crippen LogP contribution in [0.4, 0.5) is 14.5 Å². The molecule has 0 radical (unpaired) electrons. The minimum Gasteiger partial charge on any atom is -0.307 e. The van der Waals surface area contributed by atoms with E-state index in [0.717, 1.165) is 23.4 Å². The smallest absolute Gasteiger partial charge is 0.231 e. The van der Waals surface area contributed by atoms with Gasteiger partial charge in [-0.15, -0.1) is 0 Å². The fourth-order valence-corrected chi connectivity index (χ4v) is 2.31. The molecule has 0 atom stereocenters. The average Bonchev–Trinajstić information content (AvgIpc) is 2.71. The van der Waals surface area contributed by atoms with Crippen LogP contribution in [0.5, 0.6) is 0 Å². The van der Waals surface area contributed by atoms with Crippen LogP contribution in [0.3, 0.4) is 0 Å². The molecule has 0 unspecified atom stereocenters. The summed E-state index contributed by atoms with van der Waals surface area (Å²) in [6.07, 6.45) is 0.361. The van der Waals surface area contributed by atoms with E-state index >= 15 is 0 Å². The summed E-state index contributed by atoms with van der Waals surface area (Å²) in [5.74, 6) is -1.79. The second-order valence-electron chi connectivity index (χ2n) is 4.53. The van der Waals surface area contributed by atoms with Crippen LogP contribution in [0.25, 0.3) is 0 Å². The van der Waals surface area contributed by atoms with Gasteiger partial charge in [0, 0.05) is 5.69 Å². The number of fused-ring (bicyclic) bond motifs is 1. The molecule has 0 saturated carbocycles. The van der Waals surface area contributed by atoms with Crippen molar-refractivity contribution in [2.45, 2.75) is 13.0 Å². The van der Waals surface area contributed by atoms with E-state index in [1.54, 1.807) is 4.90 Å². The Bertz CT molecular complexity index is 654. The van der Waals surface area contributed by atoms with Crippen molar-refractivity contribution in [1.82, 2.24) is 0 Å². The van der Waals surface area contributed by atoms with Gasteiger partial charge in [0.1, 0.15) is 0 Å². The van der Waals surface area contributed by atoms with Gasteiger partial charge in [0.15, 0.2) is 11.6 Å². The zero-order valence-electron chi connectivity index (χ0n) is 10.1. The summed E-state index contributed by atoms with van der Waals surface area (Å²) >= 11 is 0. The highest BCUT2D eigenvalue weighted by Crippen LogP contribution is 2.29. The summed E-state index contributed by atoms with van der Waals surface area (Å²) in [7, 11) is 0. The molecular weight excluding hydrogens is 248 g/mol. The number of hydrogen-bond donors (Lipinski definition) is 0. The molecule has 96 valence electrons. The SMILES string of the molecule is O=C1Cc2ccccc2N1Cc1ccc(F)c(F)c1. The summed E-state index contributed by atoms with van der Waals surface area (Å²) in [4.78, 5) is 13.5. The first kappa shape index (κ1) is 11.8. The summed E-state index contributed by atoms with van der Waals surface area (Å²) < 4.78 is 26.0. The molecule has 0 aromatic heterocycles. The Labute approximate surface area is 109 Å². The zero-order chi connectivity index (χ0) is 13.4. The minimum atomic E-state index is -0.891. The van der Waals surface area contributed by atoms with E-state index in [1.807, 2.05) is 24.3 Å². The van der Waals surface area contributed by atoms with Crippen molar-refractivity contribution in [3.8, 4) is 0 Å². The Kier molecular flexibility index (Phi) is 2.78. The van der Waals surface area contributed by atoms with Crippen LogP contribution in [0.1, 0.15) is 11.1 Å². The van der Waals surface area contributed by atoms with Crippen LogP contribution in [-0.4, -0.2) is 5.91 Å². The van der Waals surface area contributed by atoms with Gasteiger partial charge in [-0.2, -0.15) is 0 Å².